The van der Waals surface area contributed by atoms with Crippen molar-refractivity contribution in [2.24, 2.45) is 5.84 Å². The van der Waals surface area contributed by atoms with Gasteiger partial charge < -0.3 is 0 Å². The summed E-state index contributed by atoms with van der Waals surface area (Å²) in [6, 6.07) is 10.4. The molecule has 2 nitrogen and oxygen atoms in total. The van der Waals surface area contributed by atoms with Crippen LogP contribution in [-0.2, 0) is 0 Å². The summed E-state index contributed by atoms with van der Waals surface area (Å²) < 4.78 is 2.27. The third kappa shape index (κ3) is 2.65. The average molecular weight is 409 g/mol. The lowest BCUT2D eigenvalue weighted by Gasteiger charge is -2.16. The molecule has 2 aromatic rings. The predicted molar refractivity (Wildman–Crippen MR) is 80.3 cm³/mol. The van der Waals surface area contributed by atoms with E-state index in [0.717, 1.165) is 4.47 Å². The van der Waals surface area contributed by atoms with Gasteiger partial charge in [0.2, 0.25) is 0 Å². The topological polar surface area (TPSA) is 38.0 Å². The molecule has 84 valence electrons. The van der Waals surface area contributed by atoms with Gasteiger partial charge in [-0.1, -0.05) is 22.0 Å². The molecule has 0 saturated heterocycles. The molecule has 1 aromatic heterocycles. The minimum atomic E-state index is 0.0596. The van der Waals surface area contributed by atoms with Gasteiger partial charge in [-0.05, 0) is 57.8 Å². The first-order valence-corrected chi connectivity index (χ1v) is 7.42. The highest BCUT2D eigenvalue weighted by Gasteiger charge is 2.16. The smallest absolute Gasteiger partial charge is 0.0813 e. The lowest BCUT2D eigenvalue weighted by molar-refractivity contribution is 0.643. The number of nitrogens with one attached hydrogen (secondary N) is 1. The van der Waals surface area contributed by atoms with Gasteiger partial charge in [-0.15, -0.1) is 11.3 Å². The van der Waals surface area contributed by atoms with Crippen molar-refractivity contribution < 1.29 is 0 Å². The highest BCUT2D eigenvalue weighted by atomic mass is 127. The predicted octanol–water partition coefficient (Wildman–Crippen LogP) is 3.67. The van der Waals surface area contributed by atoms with Crippen LogP contribution >= 0.6 is 49.9 Å². The fourth-order valence-corrected chi connectivity index (χ4v) is 3.34. The third-order valence-electron chi connectivity index (χ3n) is 2.26. The second-order valence-electron chi connectivity index (χ2n) is 3.28. The maximum absolute atomic E-state index is 5.65. The van der Waals surface area contributed by atoms with Crippen LogP contribution in [0, 0.1) is 3.57 Å². The van der Waals surface area contributed by atoms with E-state index in [1.165, 1.54) is 14.0 Å². The summed E-state index contributed by atoms with van der Waals surface area (Å²) in [7, 11) is 0. The molecule has 1 heterocycles. The van der Waals surface area contributed by atoms with Crippen molar-refractivity contribution in [2.45, 2.75) is 6.04 Å². The number of rotatable bonds is 3. The summed E-state index contributed by atoms with van der Waals surface area (Å²) in [4.78, 5) is 1.22. The number of hydrogen-bond acceptors (Lipinski definition) is 3. The van der Waals surface area contributed by atoms with Crippen LogP contribution < -0.4 is 11.3 Å². The summed E-state index contributed by atoms with van der Waals surface area (Å²) >= 11 is 7.52. The van der Waals surface area contributed by atoms with Gasteiger partial charge in [-0.25, -0.2) is 5.43 Å². The molecule has 0 spiro atoms. The van der Waals surface area contributed by atoms with Gasteiger partial charge in [0.15, 0.2) is 0 Å². The SMILES string of the molecule is NNC(c1cccs1)c1cc(Br)ccc1I. The van der Waals surface area contributed by atoms with Gasteiger partial charge in [0.1, 0.15) is 0 Å². The molecule has 0 fully saturated rings. The fourth-order valence-electron chi connectivity index (χ4n) is 1.52. The normalized spacial score (nSPS) is 12.7. The van der Waals surface area contributed by atoms with Crippen molar-refractivity contribution >= 4 is 49.9 Å². The molecule has 3 N–H and O–H groups in total. The van der Waals surface area contributed by atoms with Crippen molar-refractivity contribution in [3.8, 4) is 0 Å². The Morgan fingerprint density at radius 1 is 1.38 bits per heavy atom. The Morgan fingerprint density at radius 3 is 2.81 bits per heavy atom. The monoisotopic (exact) mass is 408 g/mol. The number of thiophene rings is 1. The zero-order valence-corrected chi connectivity index (χ0v) is 12.8. The van der Waals surface area contributed by atoms with Crippen LogP contribution in [0.4, 0.5) is 0 Å². The molecule has 1 unspecified atom stereocenters. The van der Waals surface area contributed by atoms with Gasteiger partial charge in [0.05, 0.1) is 6.04 Å². The van der Waals surface area contributed by atoms with Crippen LogP contribution in [0.25, 0.3) is 0 Å². The molecule has 2 rings (SSSR count). The molecule has 1 atom stereocenters. The molecule has 16 heavy (non-hydrogen) atoms. The zero-order valence-electron chi connectivity index (χ0n) is 8.28. The molecular formula is C11H10BrIN2S. The van der Waals surface area contributed by atoms with Crippen LogP contribution in [0.2, 0.25) is 0 Å². The molecule has 0 aliphatic rings. The van der Waals surface area contributed by atoms with E-state index in [0.29, 0.717) is 0 Å². The van der Waals surface area contributed by atoms with Crippen LogP contribution in [-0.4, -0.2) is 0 Å². The molecule has 0 aliphatic carbocycles. The van der Waals surface area contributed by atoms with Crippen LogP contribution in [0.5, 0.6) is 0 Å². The first-order chi connectivity index (χ1) is 7.72. The van der Waals surface area contributed by atoms with Gasteiger partial charge in [0, 0.05) is 12.9 Å². The Balaban J connectivity index is 2.44. The van der Waals surface area contributed by atoms with E-state index in [1.54, 1.807) is 11.3 Å². The molecule has 1 aromatic carbocycles. The standard InChI is InChI=1S/C11H10BrIN2S/c12-7-3-4-9(13)8(6-7)11(15-14)10-2-1-5-16-10/h1-6,11,15H,14H2. The lowest BCUT2D eigenvalue weighted by Crippen LogP contribution is -2.28. The maximum atomic E-state index is 5.65. The van der Waals surface area contributed by atoms with E-state index in [4.69, 9.17) is 5.84 Å². The van der Waals surface area contributed by atoms with E-state index in [9.17, 15) is 0 Å². The Bertz CT molecular complexity index is 473. The van der Waals surface area contributed by atoms with E-state index in [-0.39, 0.29) is 6.04 Å². The summed E-state index contributed by atoms with van der Waals surface area (Å²) in [5.41, 5.74) is 4.07. The van der Waals surface area contributed by atoms with Crippen LogP contribution in [0.1, 0.15) is 16.5 Å². The van der Waals surface area contributed by atoms with E-state index >= 15 is 0 Å². The summed E-state index contributed by atoms with van der Waals surface area (Å²) in [6.07, 6.45) is 0. The maximum Gasteiger partial charge on any atom is 0.0813 e. The van der Waals surface area contributed by atoms with E-state index < -0.39 is 0 Å². The van der Waals surface area contributed by atoms with Crippen molar-refractivity contribution in [2.75, 3.05) is 0 Å². The van der Waals surface area contributed by atoms with E-state index in [1.807, 2.05) is 12.1 Å². The molecular weight excluding hydrogens is 399 g/mol. The quantitative estimate of drug-likeness (QED) is 0.462. The minimum absolute atomic E-state index is 0.0596. The highest BCUT2D eigenvalue weighted by Crippen LogP contribution is 2.30. The van der Waals surface area contributed by atoms with Crippen molar-refractivity contribution in [3.63, 3.8) is 0 Å². The number of benzene rings is 1. The summed E-state index contributed by atoms with van der Waals surface area (Å²) in [6.45, 7) is 0. The van der Waals surface area contributed by atoms with Gasteiger partial charge in [-0.3, -0.25) is 5.84 Å². The fraction of sp³-hybridized carbons (Fsp3) is 0.0909. The van der Waals surface area contributed by atoms with Crippen molar-refractivity contribution in [1.82, 2.24) is 5.43 Å². The molecule has 0 amide bonds. The Kier molecular flexibility index (Phi) is 4.37. The molecule has 0 aliphatic heterocycles. The Hall–Kier alpha value is 0.0500. The second-order valence-corrected chi connectivity index (χ2v) is 6.34. The summed E-state index contributed by atoms with van der Waals surface area (Å²) in [5.74, 6) is 5.65. The molecule has 0 bridgehead atoms. The number of hydrogen-bond donors (Lipinski definition) is 2. The second kappa shape index (κ2) is 5.59. The van der Waals surface area contributed by atoms with Crippen LogP contribution in [0.3, 0.4) is 0 Å². The Labute approximate surface area is 120 Å². The van der Waals surface area contributed by atoms with Gasteiger partial charge in [-0.2, -0.15) is 0 Å². The van der Waals surface area contributed by atoms with Gasteiger partial charge >= 0.3 is 0 Å². The van der Waals surface area contributed by atoms with Crippen LogP contribution in [0.15, 0.2) is 40.2 Å². The largest absolute Gasteiger partial charge is 0.271 e. The van der Waals surface area contributed by atoms with E-state index in [2.05, 4.69) is 67.5 Å². The third-order valence-corrected chi connectivity index (χ3v) is 4.68. The number of hydrazine groups is 1. The first kappa shape index (κ1) is 12.5. The average Bonchev–Trinajstić information content (AvgIpc) is 2.78. The molecule has 0 radical (unpaired) electrons. The van der Waals surface area contributed by atoms with Gasteiger partial charge in [0.25, 0.3) is 0 Å². The number of halogens is 2. The minimum Gasteiger partial charge on any atom is -0.271 e. The molecule has 0 saturated carbocycles. The highest BCUT2D eigenvalue weighted by molar-refractivity contribution is 14.1. The van der Waals surface area contributed by atoms with Crippen molar-refractivity contribution in [1.29, 1.82) is 0 Å². The molecule has 5 heteroatoms. The Morgan fingerprint density at radius 2 is 2.19 bits per heavy atom. The zero-order chi connectivity index (χ0) is 11.5. The number of nitrogens with two attached hydrogens (primary N) is 1. The first-order valence-electron chi connectivity index (χ1n) is 4.67. The van der Waals surface area contributed by atoms with Crippen molar-refractivity contribution in [3.05, 3.63) is 54.2 Å². The summed E-state index contributed by atoms with van der Waals surface area (Å²) in [5, 5.41) is 2.06. The lowest BCUT2D eigenvalue weighted by atomic mass is 10.1.